The lowest BCUT2D eigenvalue weighted by Crippen LogP contribution is -2.43. The van der Waals surface area contributed by atoms with Gasteiger partial charge in [0.2, 0.25) is 0 Å². The van der Waals surface area contributed by atoms with E-state index in [1.54, 1.807) is 0 Å². The summed E-state index contributed by atoms with van der Waals surface area (Å²) >= 11 is 0. The van der Waals surface area contributed by atoms with Crippen molar-refractivity contribution in [2.45, 2.75) is 26.3 Å². The molecule has 0 spiro atoms. The van der Waals surface area contributed by atoms with Gasteiger partial charge in [-0.05, 0) is 31.9 Å². The fourth-order valence-electron chi connectivity index (χ4n) is 2.19. The molecule has 0 amide bonds. The summed E-state index contributed by atoms with van der Waals surface area (Å²) in [5.74, 6) is 0. The van der Waals surface area contributed by atoms with E-state index < -0.39 is 0 Å². The highest BCUT2D eigenvalue weighted by atomic mass is 15.1. The Bertz CT molecular complexity index is 391. The van der Waals surface area contributed by atoms with Crippen LogP contribution in [0.2, 0.25) is 0 Å². The average molecular weight is 216 g/mol. The largest absolute Gasteiger partial charge is 0.366 e. The Labute approximate surface area is 97.8 Å². The molecule has 0 radical (unpaired) electrons. The fraction of sp³-hybridized carbons (Fsp3) is 0.429. The number of fused-ring (bicyclic) bond motifs is 1. The number of allylic oxidation sites excluding steroid dienone is 1. The van der Waals surface area contributed by atoms with Crippen molar-refractivity contribution in [3.05, 3.63) is 41.5 Å². The molecule has 0 aromatic heterocycles. The van der Waals surface area contributed by atoms with Crippen molar-refractivity contribution < 1.29 is 0 Å². The molecule has 0 fully saturated rings. The molecule has 0 aliphatic carbocycles. The average Bonchev–Trinajstić information content (AvgIpc) is 2.25. The second kappa shape index (κ2) is 4.71. The number of nitrogens with two attached hydrogens (primary N) is 1. The first-order valence-electron chi connectivity index (χ1n) is 5.88. The topological polar surface area (TPSA) is 29.3 Å². The number of benzene rings is 1. The molecule has 0 saturated heterocycles. The highest BCUT2D eigenvalue weighted by molar-refractivity contribution is 5.56. The number of para-hydroxylation sites is 1. The van der Waals surface area contributed by atoms with E-state index in [1.807, 2.05) is 0 Å². The summed E-state index contributed by atoms with van der Waals surface area (Å²) in [7, 11) is 0. The van der Waals surface area contributed by atoms with Crippen LogP contribution >= 0.6 is 0 Å². The molecule has 2 heteroatoms. The molecule has 1 aliphatic heterocycles. The molecular formula is C14H20N2. The summed E-state index contributed by atoms with van der Waals surface area (Å²) in [5.41, 5.74) is 10.2. The van der Waals surface area contributed by atoms with Gasteiger partial charge in [-0.2, -0.15) is 0 Å². The van der Waals surface area contributed by atoms with Crippen molar-refractivity contribution in [1.29, 1.82) is 0 Å². The van der Waals surface area contributed by atoms with Crippen molar-refractivity contribution >= 4 is 5.69 Å². The minimum atomic E-state index is 0.264. The van der Waals surface area contributed by atoms with Crippen molar-refractivity contribution in [3.63, 3.8) is 0 Å². The van der Waals surface area contributed by atoms with Crippen molar-refractivity contribution in [1.82, 2.24) is 0 Å². The molecule has 0 saturated carbocycles. The minimum absolute atomic E-state index is 0.264. The zero-order valence-electron chi connectivity index (χ0n) is 10.1. The number of rotatable bonds is 2. The van der Waals surface area contributed by atoms with E-state index in [0.29, 0.717) is 0 Å². The van der Waals surface area contributed by atoms with E-state index in [2.05, 4.69) is 49.1 Å². The van der Waals surface area contributed by atoms with Crippen LogP contribution in [0, 0.1) is 0 Å². The van der Waals surface area contributed by atoms with Crippen LogP contribution < -0.4 is 10.6 Å². The number of hydrogen-bond acceptors (Lipinski definition) is 2. The standard InChI is InChI=1S/C14H20N2/c1-11(2)7-8-16-10-13(15)9-12-5-3-4-6-14(12)16/h3-7,13H,8-10,15H2,1-2H3. The molecule has 1 aliphatic rings. The van der Waals surface area contributed by atoms with Gasteiger partial charge in [-0.25, -0.2) is 0 Å². The van der Waals surface area contributed by atoms with Gasteiger partial charge >= 0.3 is 0 Å². The van der Waals surface area contributed by atoms with E-state index in [9.17, 15) is 0 Å². The smallest absolute Gasteiger partial charge is 0.0402 e. The Morgan fingerprint density at radius 2 is 2.19 bits per heavy atom. The molecule has 1 unspecified atom stereocenters. The molecule has 2 rings (SSSR count). The molecular weight excluding hydrogens is 196 g/mol. The third-order valence-electron chi connectivity index (χ3n) is 2.99. The highest BCUT2D eigenvalue weighted by Gasteiger charge is 2.20. The van der Waals surface area contributed by atoms with Gasteiger partial charge in [0.1, 0.15) is 0 Å². The lowest BCUT2D eigenvalue weighted by atomic mass is 9.98. The first-order valence-corrected chi connectivity index (χ1v) is 5.88. The summed E-state index contributed by atoms with van der Waals surface area (Å²) in [6, 6.07) is 8.84. The van der Waals surface area contributed by atoms with E-state index in [0.717, 1.165) is 19.5 Å². The Morgan fingerprint density at radius 1 is 1.44 bits per heavy atom. The molecule has 86 valence electrons. The van der Waals surface area contributed by atoms with Gasteiger partial charge in [-0.3, -0.25) is 0 Å². The normalized spacial score (nSPS) is 19.2. The Balaban J connectivity index is 2.23. The molecule has 16 heavy (non-hydrogen) atoms. The molecule has 1 aromatic rings. The van der Waals surface area contributed by atoms with Gasteiger partial charge in [-0.15, -0.1) is 0 Å². The van der Waals surface area contributed by atoms with Gasteiger partial charge < -0.3 is 10.6 Å². The lowest BCUT2D eigenvalue weighted by molar-refractivity contribution is 0.615. The van der Waals surface area contributed by atoms with E-state index in [-0.39, 0.29) is 6.04 Å². The first kappa shape index (κ1) is 11.2. The maximum atomic E-state index is 6.08. The summed E-state index contributed by atoms with van der Waals surface area (Å²) < 4.78 is 0. The van der Waals surface area contributed by atoms with Crippen molar-refractivity contribution in [3.8, 4) is 0 Å². The van der Waals surface area contributed by atoms with Gasteiger partial charge in [0.25, 0.3) is 0 Å². The summed E-state index contributed by atoms with van der Waals surface area (Å²) in [5, 5.41) is 0. The second-order valence-corrected chi connectivity index (χ2v) is 4.78. The van der Waals surface area contributed by atoms with Gasteiger partial charge in [0.05, 0.1) is 0 Å². The zero-order valence-corrected chi connectivity index (χ0v) is 10.1. The quantitative estimate of drug-likeness (QED) is 0.769. The van der Waals surface area contributed by atoms with Crippen LogP contribution in [0.3, 0.4) is 0 Å². The summed E-state index contributed by atoms with van der Waals surface area (Å²) in [6.45, 7) is 6.19. The predicted octanol–water partition coefficient (Wildman–Crippen LogP) is 2.34. The highest BCUT2D eigenvalue weighted by Crippen LogP contribution is 2.26. The van der Waals surface area contributed by atoms with E-state index >= 15 is 0 Å². The summed E-state index contributed by atoms with van der Waals surface area (Å²) in [4.78, 5) is 2.37. The molecule has 0 bridgehead atoms. The van der Waals surface area contributed by atoms with E-state index in [1.165, 1.54) is 16.8 Å². The minimum Gasteiger partial charge on any atom is -0.366 e. The van der Waals surface area contributed by atoms with Crippen molar-refractivity contribution in [2.24, 2.45) is 5.73 Å². The van der Waals surface area contributed by atoms with Crippen LogP contribution in [-0.4, -0.2) is 19.1 Å². The maximum absolute atomic E-state index is 6.08. The third kappa shape index (κ3) is 2.45. The molecule has 1 heterocycles. The molecule has 2 nitrogen and oxygen atoms in total. The van der Waals surface area contributed by atoms with Crippen molar-refractivity contribution in [2.75, 3.05) is 18.0 Å². The Kier molecular flexibility index (Phi) is 3.30. The van der Waals surface area contributed by atoms with Crippen LogP contribution in [-0.2, 0) is 6.42 Å². The Morgan fingerprint density at radius 3 is 2.94 bits per heavy atom. The number of anilines is 1. The maximum Gasteiger partial charge on any atom is 0.0402 e. The lowest BCUT2D eigenvalue weighted by Gasteiger charge is -2.34. The van der Waals surface area contributed by atoms with Crippen LogP contribution in [0.1, 0.15) is 19.4 Å². The van der Waals surface area contributed by atoms with Crippen LogP contribution in [0.5, 0.6) is 0 Å². The van der Waals surface area contributed by atoms with Gasteiger partial charge in [0, 0.05) is 24.8 Å². The van der Waals surface area contributed by atoms with Crippen LogP contribution in [0.4, 0.5) is 5.69 Å². The molecule has 2 N–H and O–H groups in total. The Hall–Kier alpha value is -1.28. The third-order valence-corrected chi connectivity index (χ3v) is 2.99. The second-order valence-electron chi connectivity index (χ2n) is 4.78. The monoisotopic (exact) mass is 216 g/mol. The molecule has 1 aromatic carbocycles. The first-order chi connectivity index (χ1) is 7.66. The molecule has 1 atom stereocenters. The summed E-state index contributed by atoms with van der Waals surface area (Å²) in [6.07, 6.45) is 3.26. The van der Waals surface area contributed by atoms with E-state index in [4.69, 9.17) is 5.73 Å². The fourth-order valence-corrected chi connectivity index (χ4v) is 2.19. The van der Waals surface area contributed by atoms with Crippen LogP contribution in [0.25, 0.3) is 0 Å². The van der Waals surface area contributed by atoms with Crippen LogP contribution in [0.15, 0.2) is 35.9 Å². The van der Waals surface area contributed by atoms with Gasteiger partial charge in [-0.1, -0.05) is 29.8 Å². The zero-order chi connectivity index (χ0) is 11.5. The number of hydrogen-bond donors (Lipinski definition) is 1. The number of nitrogens with zero attached hydrogens (tertiary/aromatic N) is 1. The SMILES string of the molecule is CC(C)=CCN1CC(N)Cc2ccccc21. The van der Waals surface area contributed by atoms with Gasteiger partial charge in [0.15, 0.2) is 0 Å². The predicted molar refractivity (Wildman–Crippen MR) is 69.8 cm³/mol.